The molecule has 1 fully saturated rings. The first-order chi connectivity index (χ1) is 9.08. The Bertz CT molecular complexity index is 593. The van der Waals surface area contributed by atoms with E-state index >= 15 is 0 Å². The minimum atomic E-state index is -1.14. The van der Waals surface area contributed by atoms with Crippen LogP contribution in [0.5, 0.6) is 0 Å². The summed E-state index contributed by atoms with van der Waals surface area (Å²) < 4.78 is 13.8. The first-order valence-electron chi connectivity index (χ1n) is 5.73. The van der Waals surface area contributed by atoms with Gasteiger partial charge in [-0.1, -0.05) is 11.6 Å². The quantitative estimate of drug-likeness (QED) is 0.863. The SMILES string of the molecule is O[C@]1(c2cn[nH]n2)CCN(c2ncc(Cl)cc2F)C1. The molecule has 2 N–H and O–H groups in total. The molecule has 3 heterocycles. The third-order valence-corrected chi connectivity index (χ3v) is 3.43. The van der Waals surface area contributed by atoms with E-state index in [1.165, 1.54) is 18.5 Å². The zero-order valence-corrected chi connectivity index (χ0v) is 10.6. The van der Waals surface area contributed by atoms with Crippen LogP contribution in [0.4, 0.5) is 10.2 Å². The van der Waals surface area contributed by atoms with Crippen LogP contribution in [0.2, 0.25) is 5.02 Å². The predicted octanol–water partition coefficient (Wildman–Crippen LogP) is 1.09. The van der Waals surface area contributed by atoms with Crippen molar-refractivity contribution in [1.82, 2.24) is 20.4 Å². The van der Waals surface area contributed by atoms with Crippen molar-refractivity contribution in [2.45, 2.75) is 12.0 Å². The summed E-state index contributed by atoms with van der Waals surface area (Å²) in [6.07, 6.45) is 3.28. The van der Waals surface area contributed by atoms with Gasteiger partial charge in [-0.15, -0.1) is 0 Å². The number of nitrogens with one attached hydrogen (secondary N) is 1. The van der Waals surface area contributed by atoms with E-state index in [2.05, 4.69) is 20.4 Å². The Kier molecular flexibility index (Phi) is 2.87. The number of aliphatic hydroxyl groups is 1. The fourth-order valence-corrected chi connectivity index (χ4v) is 2.39. The molecule has 1 saturated heterocycles. The highest BCUT2D eigenvalue weighted by Gasteiger charge is 2.40. The molecule has 0 spiro atoms. The van der Waals surface area contributed by atoms with Crippen LogP contribution in [0.15, 0.2) is 18.5 Å². The lowest BCUT2D eigenvalue weighted by atomic mass is 10.0. The largest absolute Gasteiger partial charge is 0.381 e. The van der Waals surface area contributed by atoms with Crippen molar-refractivity contribution in [1.29, 1.82) is 0 Å². The Morgan fingerprint density at radius 3 is 3.00 bits per heavy atom. The van der Waals surface area contributed by atoms with Crippen molar-refractivity contribution >= 4 is 17.4 Å². The Morgan fingerprint density at radius 2 is 2.32 bits per heavy atom. The number of anilines is 1. The van der Waals surface area contributed by atoms with Gasteiger partial charge in [0.2, 0.25) is 0 Å². The second-order valence-corrected chi connectivity index (χ2v) is 4.95. The maximum absolute atomic E-state index is 13.8. The van der Waals surface area contributed by atoms with Crippen LogP contribution in [0.1, 0.15) is 12.1 Å². The normalized spacial score (nSPS) is 23.0. The number of β-amino-alcohol motifs (C(OH)–C–C–N with tert-alkyl or cyclic N) is 1. The summed E-state index contributed by atoms with van der Waals surface area (Å²) in [5.74, 6) is -0.319. The van der Waals surface area contributed by atoms with Crippen molar-refractivity contribution in [3.8, 4) is 0 Å². The number of hydrogen-bond donors (Lipinski definition) is 2. The number of aromatic nitrogens is 4. The molecule has 2 aromatic heterocycles. The molecule has 0 bridgehead atoms. The van der Waals surface area contributed by atoms with Gasteiger partial charge in [-0.3, -0.25) is 0 Å². The van der Waals surface area contributed by atoms with E-state index in [4.69, 9.17) is 11.6 Å². The molecule has 2 aromatic rings. The minimum Gasteiger partial charge on any atom is -0.381 e. The van der Waals surface area contributed by atoms with Gasteiger partial charge in [0.15, 0.2) is 11.6 Å². The first-order valence-corrected chi connectivity index (χ1v) is 6.11. The van der Waals surface area contributed by atoms with Crippen molar-refractivity contribution < 1.29 is 9.50 Å². The monoisotopic (exact) mass is 283 g/mol. The lowest BCUT2D eigenvalue weighted by Gasteiger charge is -2.21. The number of pyridine rings is 1. The van der Waals surface area contributed by atoms with Gasteiger partial charge in [0.1, 0.15) is 11.3 Å². The second-order valence-electron chi connectivity index (χ2n) is 4.52. The van der Waals surface area contributed by atoms with Crippen molar-refractivity contribution in [3.05, 3.63) is 35.0 Å². The average molecular weight is 284 g/mol. The molecule has 19 heavy (non-hydrogen) atoms. The summed E-state index contributed by atoms with van der Waals surface area (Å²) in [4.78, 5) is 5.64. The van der Waals surface area contributed by atoms with E-state index in [1.54, 1.807) is 4.90 Å². The topological polar surface area (TPSA) is 77.9 Å². The van der Waals surface area contributed by atoms with Crippen molar-refractivity contribution in [2.24, 2.45) is 0 Å². The third kappa shape index (κ3) is 2.15. The molecule has 0 radical (unpaired) electrons. The van der Waals surface area contributed by atoms with Gasteiger partial charge in [-0.2, -0.15) is 15.4 Å². The van der Waals surface area contributed by atoms with Gasteiger partial charge in [0, 0.05) is 19.2 Å². The van der Waals surface area contributed by atoms with E-state index < -0.39 is 11.4 Å². The smallest absolute Gasteiger partial charge is 0.167 e. The maximum atomic E-state index is 13.8. The molecule has 1 atom stereocenters. The van der Waals surface area contributed by atoms with Gasteiger partial charge < -0.3 is 10.0 Å². The number of hydrogen-bond acceptors (Lipinski definition) is 5. The van der Waals surface area contributed by atoms with E-state index in [1.807, 2.05) is 0 Å². The second kappa shape index (κ2) is 4.43. The standard InChI is InChI=1S/C11H11ClFN5O/c12-7-3-8(13)10(14-4-7)18-2-1-11(19,6-18)9-5-15-17-16-9/h3-5,19H,1-2,6H2,(H,15,16,17)/t11-/m1/s1. The van der Waals surface area contributed by atoms with E-state index in [0.717, 1.165) is 0 Å². The molecule has 1 aliphatic rings. The molecule has 100 valence electrons. The van der Waals surface area contributed by atoms with Crippen LogP contribution in [-0.4, -0.2) is 38.6 Å². The molecule has 8 heteroatoms. The van der Waals surface area contributed by atoms with Gasteiger partial charge >= 0.3 is 0 Å². The summed E-state index contributed by atoms with van der Waals surface area (Å²) >= 11 is 5.67. The Labute approximate surface area is 113 Å². The highest BCUT2D eigenvalue weighted by molar-refractivity contribution is 6.30. The zero-order chi connectivity index (χ0) is 13.5. The summed E-state index contributed by atoms with van der Waals surface area (Å²) in [7, 11) is 0. The third-order valence-electron chi connectivity index (χ3n) is 3.23. The van der Waals surface area contributed by atoms with Crippen molar-refractivity contribution in [2.75, 3.05) is 18.0 Å². The molecule has 6 nitrogen and oxygen atoms in total. The Balaban J connectivity index is 1.86. The number of H-pyrrole nitrogens is 1. The number of halogens is 2. The van der Waals surface area contributed by atoms with Crippen LogP contribution >= 0.6 is 11.6 Å². The number of nitrogens with zero attached hydrogens (tertiary/aromatic N) is 4. The van der Waals surface area contributed by atoms with E-state index in [0.29, 0.717) is 18.7 Å². The van der Waals surface area contributed by atoms with Crippen LogP contribution in [-0.2, 0) is 5.60 Å². The van der Waals surface area contributed by atoms with Gasteiger partial charge in [0.25, 0.3) is 0 Å². The zero-order valence-electron chi connectivity index (χ0n) is 9.85. The lowest BCUT2D eigenvalue weighted by molar-refractivity contribution is 0.0559. The number of rotatable bonds is 2. The highest BCUT2D eigenvalue weighted by Crippen LogP contribution is 2.33. The molecular formula is C11H11ClFN5O. The lowest BCUT2D eigenvalue weighted by Crippen LogP contribution is -2.31. The fraction of sp³-hybridized carbons (Fsp3) is 0.364. The van der Waals surface area contributed by atoms with Crippen LogP contribution in [0.25, 0.3) is 0 Å². The predicted molar refractivity (Wildman–Crippen MR) is 66.3 cm³/mol. The Hall–Kier alpha value is -1.73. The van der Waals surface area contributed by atoms with Gasteiger partial charge in [-0.05, 0) is 6.07 Å². The van der Waals surface area contributed by atoms with E-state index in [9.17, 15) is 9.50 Å². The van der Waals surface area contributed by atoms with Crippen LogP contribution in [0, 0.1) is 5.82 Å². The molecule has 1 aliphatic heterocycles. The molecular weight excluding hydrogens is 273 g/mol. The van der Waals surface area contributed by atoms with Gasteiger partial charge in [0.05, 0.1) is 17.8 Å². The molecule has 0 amide bonds. The Morgan fingerprint density at radius 1 is 1.47 bits per heavy atom. The molecule has 0 unspecified atom stereocenters. The van der Waals surface area contributed by atoms with Gasteiger partial charge in [-0.25, -0.2) is 9.37 Å². The summed E-state index contributed by atoms with van der Waals surface area (Å²) in [5.41, 5.74) is -0.690. The summed E-state index contributed by atoms with van der Waals surface area (Å²) in [6, 6.07) is 1.21. The minimum absolute atomic E-state index is 0.184. The summed E-state index contributed by atoms with van der Waals surface area (Å²) in [5, 5.41) is 20.8. The number of aromatic amines is 1. The first kappa shape index (κ1) is 12.3. The van der Waals surface area contributed by atoms with Crippen LogP contribution < -0.4 is 4.90 Å². The molecule has 0 aliphatic carbocycles. The molecule has 0 saturated carbocycles. The van der Waals surface area contributed by atoms with Crippen LogP contribution in [0.3, 0.4) is 0 Å². The average Bonchev–Trinajstić information content (AvgIpc) is 2.99. The fourth-order valence-electron chi connectivity index (χ4n) is 2.25. The highest BCUT2D eigenvalue weighted by atomic mass is 35.5. The van der Waals surface area contributed by atoms with E-state index in [-0.39, 0.29) is 17.4 Å². The molecule has 0 aromatic carbocycles. The van der Waals surface area contributed by atoms with Crippen molar-refractivity contribution in [3.63, 3.8) is 0 Å². The summed E-state index contributed by atoms with van der Waals surface area (Å²) in [6.45, 7) is 0.694. The molecule has 3 rings (SSSR count). The maximum Gasteiger partial charge on any atom is 0.167 e.